The lowest BCUT2D eigenvalue weighted by Crippen LogP contribution is -1.93. The Hall–Kier alpha value is -0.510. The van der Waals surface area contributed by atoms with Gasteiger partial charge in [-0.05, 0) is 19.3 Å². The first-order chi connectivity index (χ1) is 9.16. The Morgan fingerprint density at radius 3 is 1.89 bits per heavy atom. The van der Waals surface area contributed by atoms with Crippen LogP contribution in [0.3, 0.4) is 0 Å². The van der Waals surface area contributed by atoms with Gasteiger partial charge in [0.15, 0.2) is 5.12 Å². The average molecular weight is 288 g/mol. The van der Waals surface area contributed by atoms with Gasteiger partial charge in [-0.2, -0.15) is 0 Å². The molecule has 0 aromatic heterocycles. The van der Waals surface area contributed by atoms with Gasteiger partial charge in [0.25, 0.3) is 0 Å². The molecular formula is C15H28O3S. The number of rotatable bonds is 13. The number of carboxylic acid groups (broad SMARTS) is 1. The third-order valence-corrected chi connectivity index (χ3v) is 4.02. The van der Waals surface area contributed by atoms with Crippen LogP contribution in [0.25, 0.3) is 0 Å². The summed E-state index contributed by atoms with van der Waals surface area (Å²) < 4.78 is 0. The second kappa shape index (κ2) is 13.9. The Balaban J connectivity index is 3.06. The van der Waals surface area contributed by atoms with Gasteiger partial charge in [-0.1, -0.05) is 57.2 Å². The van der Waals surface area contributed by atoms with Crippen LogP contribution >= 0.6 is 11.8 Å². The van der Waals surface area contributed by atoms with E-state index >= 15 is 0 Å². The molecule has 1 N–H and O–H groups in total. The highest BCUT2D eigenvalue weighted by molar-refractivity contribution is 8.13. The second-order valence-corrected chi connectivity index (χ2v) is 6.09. The maximum atomic E-state index is 11.2. The number of hydrogen-bond acceptors (Lipinski definition) is 3. The van der Waals surface area contributed by atoms with Crippen molar-refractivity contribution in [2.24, 2.45) is 0 Å². The number of carbonyl (C=O) groups is 2. The van der Waals surface area contributed by atoms with E-state index in [9.17, 15) is 9.59 Å². The van der Waals surface area contributed by atoms with E-state index in [1.54, 1.807) is 0 Å². The van der Waals surface area contributed by atoms with Crippen molar-refractivity contribution in [1.82, 2.24) is 0 Å². The van der Waals surface area contributed by atoms with Crippen LogP contribution in [0, 0.1) is 0 Å². The Morgan fingerprint density at radius 1 is 0.842 bits per heavy atom. The van der Waals surface area contributed by atoms with Crippen LogP contribution in [0.1, 0.15) is 77.6 Å². The lowest BCUT2D eigenvalue weighted by Gasteiger charge is -2.02. The van der Waals surface area contributed by atoms with Crippen molar-refractivity contribution in [3.63, 3.8) is 0 Å². The van der Waals surface area contributed by atoms with Gasteiger partial charge in [0, 0.05) is 18.6 Å². The standard InChI is InChI=1S/C15H28O3S/c1-2-11-15(18)19-13-10-8-6-4-3-5-7-9-12-14(16)17/h2-13H2,1H3,(H,16,17). The van der Waals surface area contributed by atoms with E-state index in [0.717, 1.165) is 37.9 Å². The molecule has 0 amide bonds. The number of thioether (sulfide) groups is 1. The summed E-state index contributed by atoms with van der Waals surface area (Å²) in [6.07, 6.45) is 11.0. The first-order valence-corrected chi connectivity index (χ1v) is 8.52. The van der Waals surface area contributed by atoms with Crippen molar-refractivity contribution in [1.29, 1.82) is 0 Å². The SMILES string of the molecule is CCCC(=O)SCCCCCCCCCCC(=O)O. The summed E-state index contributed by atoms with van der Waals surface area (Å²) in [4.78, 5) is 21.5. The zero-order valence-electron chi connectivity index (χ0n) is 12.2. The number of carboxylic acids is 1. The fourth-order valence-corrected chi connectivity index (χ4v) is 2.83. The molecule has 4 heteroatoms. The minimum absolute atomic E-state index is 0.309. The fourth-order valence-electron chi connectivity index (χ4n) is 1.90. The molecule has 0 aromatic carbocycles. The highest BCUT2D eigenvalue weighted by Crippen LogP contribution is 2.13. The van der Waals surface area contributed by atoms with Crippen molar-refractivity contribution in [2.45, 2.75) is 77.6 Å². The Labute approximate surface area is 121 Å². The quantitative estimate of drug-likeness (QED) is 0.501. The van der Waals surface area contributed by atoms with Gasteiger partial charge in [0.1, 0.15) is 0 Å². The van der Waals surface area contributed by atoms with E-state index in [4.69, 9.17) is 5.11 Å². The lowest BCUT2D eigenvalue weighted by molar-refractivity contribution is -0.137. The molecule has 0 unspecified atom stereocenters. The summed E-state index contributed by atoms with van der Waals surface area (Å²) >= 11 is 1.48. The predicted molar refractivity (Wildman–Crippen MR) is 81.6 cm³/mol. The van der Waals surface area contributed by atoms with Gasteiger partial charge < -0.3 is 5.11 Å². The van der Waals surface area contributed by atoms with Gasteiger partial charge in [-0.3, -0.25) is 9.59 Å². The molecular weight excluding hydrogens is 260 g/mol. The van der Waals surface area contributed by atoms with Crippen molar-refractivity contribution < 1.29 is 14.7 Å². The zero-order valence-corrected chi connectivity index (χ0v) is 13.0. The van der Waals surface area contributed by atoms with Crippen molar-refractivity contribution in [2.75, 3.05) is 5.75 Å². The second-order valence-electron chi connectivity index (χ2n) is 4.94. The molecule has 0 radical (unpaired) electrons. The minimum atomic E-state index is -0.685. The molecule has 0 spiro atoms. The molecule has 0 rings (SSSR count). The van der Waals surface area contributed by atoms with Crippen LogP contribution in [-0.2, 0) is 9.59 Å². The van der Waals surface area contributed by atoms with Crippen LogP contribution in [0.2, 0.25) is 0 Å². The zero-order chi connectivity index (χ0) is 14.3. The molecule has 0 atom stereocenters. The molecule has 0 heterocycles. The molecule has 0 aliphatic rings. The molecule has 0 aliphatic heterocycles. The summed E-state index contributed by atoms with van der Waals surface area (Å²) in [5.74, 6) is 0.285. The summed E-state index contributed by atoms with van der Waals surface area (Å²) in [5, 5.41) is 8.82. The normalized spacial score (nSPS) is 10.6. The average Bonchev–Trinajstić information content (AvgIpc) is 2.36. The molecule has 0 aliphatic carbocycles. The molecule has 0 saturated heterocycles. The third-order valence-electron chi connectivity index (χ3n) is 3.00. The van der Waals surface area contributed by atoms with Gasteiger partial charge in [0.05, 0.1) is 0 Å². The smallest absolute Gasteiger partial charge is 0.303 e. The van der Waals surface area contributed by atoms with E-state index < -0.39 is 5.97 Å². The van der Waals surface area contributed by atoms with E-state index in [1.165, 1.54) is 37.4 Å². The van der Waals surface area contributed by atoms with Gasteiger partial charge >= 0.3 is 5.97 Å². The number of hydrogen-bond donors (Lipinski definition) is 1. The maximum Gasteiger partial charge on any atom is 0.303 e. The molecule has 0 fully saturated rings. The van der Waals surface area contributed by atoms with Crippen LogP contribution in [0.4, 0.5) is 0 Å². The first kappa shape index (κ1) is 18.5. The lowest BCUT2D eigenvalue weighted by atomic mass is 10.1. The Morgan fingerprint density at radius 2 is 1.37 bits per heavy atom. The third kappa shape index (κ3) is 15.4. The summed E-state index contributed by atoms with van der Waals surface area (Å²) in [6.45, 7) is 2.04. The van der Waals surface area contributed by atoms with E-state index in [2.05, 4.69) is 0 Å². The Bertz CT molecular complexity index is 242. The topological polar surface area (TPSA) is 54.4 Å². The summed E-state index contributed by atoms with van der Waals surface area (Å²) in [5.41, 5.74) is 0. The minimum Gasteiger partial charge on any atom is -0.481 e. The highest BCUT2D eigenvalue weighted by Gasteiger charge is 2.00. The predicted octanol–water partition coefficient (Wildman–Crippen LogP) is 4.64. The molecule has 112 valence electrons. The number of carbonyl (C=O) groups excluding carboxylic acids is 1. The van der Waals surface area contributed by atoms with E-state index in [0.29, 0.717) is 18.0 Å². The molecule has 3 nitrogen and oxygen atoms in total. The molecule has 19 heavy (non-hydrogen) atoms. The number of aliphatic carboxylic acids is 1. The van der Waals surface area contributed by atoms with Crippen molar-refractivity contribution >= 4 is 22.8 Å². The van der Waals surface area contributed by atoms with Crippen molar-refractivity contribution in [3.05, 3.63) is 0 Å². The van der Waals surface area contributed by atoms with Gasteiger partial charge in [0.2, 0.25) is 0 Å². The monoisotopic (exact) mass is 288 g/mol. The molecule has 0 bridgehead atoms. The van der Waals surface area contributed by atoms with Crippen LogP contribution < -0.4 is 0 Å². The van der Waals surface area contributed by atoms with Crippen LogP contribution in [-0.4, -0.2) is 21.9 Å². The summed E-state index contributed by atoms with van der Waals surface area (Å²) in [7, 11) is 0. The van der Waals surface area contributed by atoms with Crippen LogP contribution in [0.15, 0.2) is 0 Å². The van der Waals surface area contributed by atoms with Crippen LogP contribution in [0.5, 0.6) is 0 Å². The summed E-state index contributed by atoms with van der Waals surface area (Å²) in [6, 6.07) is 0. The van der Waals surface area contributed by atoms with Gasteiger partial charge in [-0.15, -0.1) is 0 Å². The maximum absolute atomic E-state index is 11.2. The molecule has 0 aromatic rings. The van der Waals surface area contributed by atoms with E-state index in [1.807, 2.05) is 6.92 Å². The Kier molecular flexibility index (Phi) is 13.5. The fraction of sp³-hybridized carbons (Fsp3) is 0.867. The van der Waals surface area contributed by atoms with E-state index in [-0.39, 0.29) is 0 Å². The highest BCUT2D eigenvalue weighted by atomic mass is 32.2. The van der Waals surface area contributed by atoms with Gasteiger partial charge in [-0.25, -0.2) is 0 Å². The van der Waals surface area contributed by atoms with Crippen molar-refractivity contribution in [3.8, 4) is 0 Å². The molecule has 0 saturated carbocycles. The first-order valence-electron chi connectivity index (χ1n) is 7.54. The number of unbranched alkanes of at least 4 members (excludes halogenated alkanes) is 7. The largest absolute Gasteiger partial charge is 0.481 e.